The number of nitrogens with zero attached hydrogens (tertiary/aromatic N) is 1. The first-order chi connectivity index (χ1) is 18.6. The molecule has 216 valence electrons. The van der Waals surface area contributed by atoms with Gasteiger partial charge in [0.15, 0.2) is 0 Å². The Morgan fingerprint density at radius 1 is 1.10 bits per heavy atom. The van der Waals surface area contributed by atoms with Gasteiger partial charge < -0.3 is 26.1 Å². The molecule has 2 aromatic carbocycles. The summed E-state index contributed by atoms with van der Waals surface area (Å²) in [6.07, 6.45) is -5.36. The van der Waals surface area contributed by atoms with Crippen LogP contribution in [0.25, 0.3) is 0 Å². The fourth-order valence-corrected chi connectivity index (χ4v) is 4.29. The minimum atomic E-state index is -5.08. The maximum absolute atomic E-state index is 12.4. The molecule has 1 amide bonds. The maximum atomic E-state index is 12.4. The fraction of sp³-hybridized carbons (Fsp3) is 0.261. The van der Waals surface area contributed by atoms with Crippen molar-refractivity contribution < 1.29 is 51.0 Å². The van der Waals surface area contributed by atoms with Crippen molar-refractivity contribution >= 4 is 39.4 Å². The zero-order valence-electron chi connectivity index (χ0n) is 20.4. The number of oxime groups is 1. The molecule has 1 aliphatic rings. The average molecular weight is 588 g/mol. The van der Waals surface area contributed by atoms with E-state index in [9.17, 15) is 36.3 Å². The van der Waals surface area contributed by atoms with Crippen LogP contribution in [0.15, 0.2) is 64.6 Å². The Bertz CT molecular complexity index is 1370. The molecule has 1 heterocycles. The van der Waals surface area contributed by atoms with E-state index < -0.39 is 52.7 Å². The zero-order valence-corrected chi connectivity index (χ0v) is 21.2. The summed E-state index contributed by atoms with van der Waals surface area (Å²) in [6, 6.07) is 12.7. The molecule has 0 aliphatic carbocycles. The third-order valence-corrected chi connectivity index (χ3v) is 6.56. The van der Waals surface area contributed by atoms with Gasteiger partial charge in [-0.05, 0) is 17.7 Å². The summed E-state index contributed by atoms with van der Waals surface area (Å²) in [5, 5.41) is 30.3. The van der Waals surface area contributed by atoms with Crippen LogP contribution in [0.4, 0.5) is 13.2 Å². The molecule has 40 heavy (non-hydrogen) atoms. The van der Waals surface area contributed by atoms with E-state index >= 15 is 0 Å². The first-order valence-electron chi connectivity index (χ1n) is 11.1. The van der Waals surface area contributed by atoms with E-state index in [1.807, 2.05) is 0 Å². The van der Waals surface area contributed by atoms with Crippen molar-refractivity contribution in [3.63, 3.8) is 0 Å². The third kappa shape index (κ3) is 9.66. The number of nitrogen functional groups attached to an aromatic ring is 1. The predicted octanol–water partition coefficient (Wildman–Crippen LogP) is 1.03. The molecule has 0 bridgehead atoms. The summed E-state index contributed by atoms with van der Waals surface area (Å²) in [6.45, 7) is -0.437. The van der Waals surface area contributed by atoms with Gasteiger partial charge in [0.2, 0.25) is 15.9 Å². The van der Waals surface area contributed by atoms with Crippen LogP contribution < -0.4 is 15.8 Å². The number of carboxylic acid groups (broad SMARTS) is 2. The summed E-state index contributed by atoms with van der Waals surface area (Å²) in [5.74, 6) is -4.74. The van der Waals surface area contributed by atoms with Crippen LogP contribution >= 0.6 is 0 Å². The maximum Gasteiger partial charge on any atom is 0.490 e. The molecule has 2 aromatic rings. The summed E-state index contributed by atoms with van der Waals surface area (Å²) >= 11 is 0. The van der Waals surface area contributed by atoms with Gasteiger partial charge >= 0.3 is 18.1 Å². The molecule has 2 atom stereocenters. The topological polar surface area (TPSA) is 221 Å². The van der Waals surface area contributed by atoms with E-state index in [2.05, 4.69) is 15.2 Å². The van der Waals surface area contributed by atoms with E-state index in [0.717, 1.165) is 5.56 Å². The molecule has 1 aliphatic heterocycles. The first kappa shape index (κ1) is 31.7. The molecule has 0 radical (unpaired) electrons. The van der Waals surface area contributed by atoms with Gasteiger partial charge in [0.25, 0.3) is 0 Å². The van der Waals surface area contributed by atoms with Crippen LogP contribution in [0.1, 0.15) is 24.0 Å². The molecule has 17 heteroatoms. The predicted molar refractivity (Wildman–Crippen MR) is 133 cm³/mol. The molecule has 0 fully saturated rings. The van der Waals surface area contributed by atoms with Crippen LogP contribution in [0, 0.1) is 5.41 Å². The number of carboxylic acids is 2. The van der Waals surface area contributed by atoms with Crippen molar-refractivity contribution in [2.45, 2.75) is 36.1 Å². The summed E-state index contributed by atoms with van der Waals surface area (Å²) in [4.78, 5) is 37.9. The highest BCUT2D eigenvalue weighted by Gasteiger charge is 2.38. The Morgan fingerprint density at radius 2 is 1.68 bits per heavy atom. The molecule has 13 nitrogen and oxygen atoms in total. The monoisotopic (exact) mass is 587 g/mol. The number of carbonyl (C=O) groups is 3. The number of nitrogens with two attached hydrogens (primary N) is 1. The second-order valence-corrected chi connectivity index (χ2v) is 9.81. The van der Waals surface area contributed by atoms with Gasteiger partial charge in [0.1, 0.15) is 18.0 Å². The van der Waals surface area contributed by atoms with Crippen molar-refractivity contribution in [1.82, 2.24) is 10.0 Å². The molecule has 0 spiro atoms. The number of nitrogens with one attached hydrogen (secondary N) is 3. The van der Waals surface area contributed by atoms with E-state index in [1.54, 1.807) is 30.3 Å². The molecule has 0 saturated heterocycles. The lowest BCUT2D eigenvalue weighted by Crippen LogP contribution is -2.48. The van der Waals surface area contributed by atoms with Crippen LogP contribution in [-0.4, -0.2) is 72.9 Å². The molecular weight excluding hydrogens is 563 g/mol. The first-order valence-corrected chi connectivity index (χ1v) is 12.6. The van der Waals surface area contributed by atoms with Gasteiger partial charge in [0, 0.05) is 18.5 Å². The van der Waals surface area contributed by atoms with Crippen LogP contribution in [0.5, 0.6) is 0 Å². The average Bonchev–Trinajstić information content (AvgIpc) is 3.35. The highest BCUT2D eigenvalue weighted by atomic mass is 32.2. The Morgan fingerprint density at radius 3 is 2.17 bits per heavy atom. The van der Waals surface area contributed by atoms with Gasteiger partial charge in [0.05, 0.1) is 17.0 Å². The Kier molecular flexibility index (Phi) is 10.7. The Balaban J connectivity index is 0.000000708. The number of hydrogen-bond acceptors (Lipinski definition) is 8. The van der Waals surface area contributed by atoms with Crippen LogP contribution in [0.3, 0.4) is 0 Å². The van der Waals surface area contributed by atoms with Crippen molar-refractivity contribution in [2.24, 2.45) is 10.9 Å². The molecule has 7 N–H and O–H groups in total. The highest BCUT2D eigenvalue weighted by molar-refractivity contribution is 7.89. The van der Waals surface area contributed by atoms with Crippen molar-refractivity contribution in [1.29, 1.82) is 5.41 Å². The van der Waals surface area contributed by atoms with E-state index in [0.29, 0.717) is 17.7 Å². The highest BCUT2D eigenvalue weighted by Crippen LogP contribution is 2.19. The van der Waals surface area contributed by atoms with Gasteiger partial charge in [-0.15, -0.1) is 0 Å². The zero-order chi connectivity index (χ0) is 30.1. The fourth-order valence-electron chi connectivity index (χ4n) is 3.08. The number of halogens is 3. The van der Waals surface area contributed by atoms with Crippen LogP contribution in [-0.2, 0) is 29.2 Å². The van der Waals surface area contributed by atoms with Gasteiger partial charge in [-0.2, -0.15) is 17.9 Å². The van der Waals surface area contributed by atoms with Gasteiger partial charge in [-0.1, -0.05) is 47.6 Å². The lowest BCUT2D eigenvalue weighted by Gasteiger charge is -2.16. The van der Waals surface area contributed by atoms with Crippen molar-refractivity contribution in [3.05, 3.63) is 65.7 Å². The molecule has 0 aromatic heterocycles. The standard InChI is InChI=1S/C21H23N5O6S.C2HF3O2/c22-20(23)14-8-6-13(7-9-14)17-10-15(32-25-17)11-19(27)24-12-18(21(28)29)26-33(30,31)16-4-2-1-3-5-16;3-2(4,5)1(6)7/h1-9,15,18,26H,10-12H2,(H3,22,23)(H,24,27)(H,28,29);(H,6,7)/t15-,18+;/m1./s1. The van der Waals surface area contributed by atoms with Gasteiger partial charge in [-0.25, -0.2) is 13.2 Å². The van der Waals surface area contributed by atoms with E-state index in [-0.39, 0.29) is 17.2 Å². The van der Waals surface area contributed by atoms with E-state index in [1.165, 1.54) is 24.3 Å². The lowest BCUT2D eigenvalue weighted by molar-refractivity contribution is -0.192. The second kappa shape index (κ2) is 13.5. The van der Waals surface area contributed by atoms with Crippen LogP contribution in [0.2, 0.25) is 0 Å². The second-order valence-electron chi connectivity index (χ2n) is 8.10. The summed E-state index contributed by atoms with van der Waals surface area (Å²) in [7, 11) is -4.07. The number of aliphatic carboxylic acids is 2. The normalized spacial score (nSPS) is 15.5. The SMILES string of the molecule is N=C(N)c1ccc(C2=NO[C@@H](CC(=O)NC[C@H](NS(=O)(=O)c3ccccc3)C(=O)O)C2)cc1.O=C(O)C(F)(F)F. The summed E-state index contributed by atoms with van der Waals surface area (Å²) in [5.41, 5.74) is 7.40. The van der Waals surface area contributed by atoms with Gasteiger partial charge in [-0.3, -0.25) is 15.0 Å². The van der Waals surface area contributed by atoms with Crippen molar-refractivity contribution in [3.8, 4) is 0 Å². The number of amidine groups is 1. The Hall–Kier alpha value is -4.51. The molecule has 3 rings (SSSR count). The number of benzene rings is 2. The quantitative estimate of drug-likeness (QED) is 0.172. The number of carbonyl (C=O) groups excluding carboxylic acids is 1. The minimum Gasteiger partial charge on any atom is -0.480 e. The molecular formula is C23H24F3N5O8S. The Labute approximate surface area is 225 Å². The lowest BCUT2D eigenvalue weighted by atomic mass is 10.0. The van der Waals surface area contributed by atoms with Crippen molar-refractivity contribution in [2.75, 3.05) is 6.54 Å². The summed E-state index contributed by atoms with van der Waals surface area (Å²) < 4.78 is 58.5. The largest absolute Gasteiger partial charge is 0.490 e. The smallest absolute Gasteiger partial charge is 0.480 e. The third-order valence-electron chi connectivity index (χ3n) is 5.07. The number of rotatable bonds is 10. The minimum absolute atomic E-state index is 0.0496. The number of amides is 1. The number of alkyl halides is 3. The van der Waals surface area contributed by atoms with E-state index in [4.69, 9.17) is 25.9 Å². The molecule has 0 saturated carbocycles. The number of hydrogen-bond donors (Lipinski definition) is 6. The number of sulfonamides is 1. The molecule has 0 unspecified atom stereocenters.